The highest BCUT2D eigenvalue weighted by atomic mass is 35.5. The van der Waals surface area contributed by atoms with E-state index in [2.05, 4.69) is 10.0 Å². The van der Waals surface area contributed by atoms with Crippen LogP contribution in [0.4, 0.5) is 0 Å². The zero-order chi connectivity index (χ0) is 11.3. The van der Waals surface area contributed by atoms with Crippen LogP contribution in [-0.4, -0.2) is 13.2 Å². The van der Waals surface area contributed by atoms with E-state index in [0.717, 1.165) is 21.9 Å². The average molecular weight is 226 g/mol. The van der Waals surface area contributed by atoms with Crippen molar-refractivity contribution in [3.63, 3.8) is 0 Å². The van der Waals surface area contributed by atoms with Crippen molar-refractivity contribution >= 4 is 11.6 Å². The van der Waals surface area contributed by atoms with Crippen LogP contribution in [0.25, 0.3) is 10.4 Å². The Bertz CT molecular complexity index is 377. The number of azide groups is 1. The minimum absolute atomic E-state index is 0.331. The Hall–Kier alpha value is -1.38. The van der Waals surface area contributed by atoms with Crippen molar-refractivity contribution in [2.75, 3.05) is 13.2 Å². The second kappa shape index (κ2) is 5.49. The summed E-state index contributed by atoms with van der Waals surface area (Å²) in [6.45, 7) is 4.56. The molecule has 4 nitrogen and oxygen atoms in total. The summed E-state index contributed by atoms with van der Waals surface area (Å²) in [4.78, 5) is 2.64. The third kappa shape index (κ3) is 3.35. The van der Waals surface area contributed by atoms with Gasteiger partial charge in [0, 0.05) is 9.93 Å². The van der Waals surface area contributed by atoms with Gasteiger partial charge in [0.25, 0.3) is 0 Å². The van der Waals surface area contributed by atoms with Gasteiger partial charge < -0.3 is 4.74 Å². The van der Waals surface area contributed by atoms with E-state index in [1.54, 1.807) is 0 Å². The van der Waals surface area contributed by atoms with E-state index in [0.29, 0.717) is 13.2 Å². The van der Waals surface area contributed by atoms with Crippen molar-refractivity contribution in [1.29, 1.82) is 0 Å². The molecule has 0 aliphatic rings. The number of hydrogen-bond acceptors (Lipinski definition) is 2. The van der Waals surface area contributed by atoms with Crippen LogP contribution in [0.15, 0.2) is 17.2 Å². The summed E-state index contributed by atoms with van der Waals surface area (Å²) < 4.78 is 5.40. The van der Waals surface area contributed by atoms with Crippen LogP contribution in [-0.2, 0) is 0 Å². The van der Waals surface area contributed by atoms with E-state index in [-0.39, 0.29) is 0 Å². The van der Waals surface area contributed by atoms with Gasteiger partial charge in [0.1, 0.15) is 5.75 Å². The van der Waals surface area contributed by atoms with Crippen LogP contribution in [0, 0.1) is 13.8 Å². The van der Waals surface area contributed by atoms with Gasteiger partial charge in [0.05, 0.1) is 13.2 Å². The summed E-state index contributed by atoms with van der Waals surface area (Å²) in [5.74, 6) is 0.752. The maximum Gasteiger partial charge on any atom is 0.119 e. The largest absolute Gasteiger partial charge is 0.493 e. The molecular formula is C10H12ClN3O. The summed E-state index contributed by atoms with van der Waals surface area (Å²) in [6.07, 6.45) is 0. The Kier molecular flexibility index (Phi) is 4.28. The minimum Gasteiger partial charge on any atom is -0.493 e. The normalized spacial score (nSPS) is 9.53. The number of hydrogen-bond donors (Lipinski definition) is 0. The molecule has 15 heavy (non-hydrogen) atoms. The van der Waals surface area contributed by atoms with Gasteiger partial charge in [0.2, 0.25) is 0 Å². The first-order valence-electron chi connectivity index (χ1n) is 4.55. The molecule has 0 aliphatic heterocycles. The van der Waals surface area contributed by atoms with E-state index in [9.17, 15) is 0 Å². The maximum absolute atomic E-state index is 8.07. The molecule has 0 amide bonds. The van der Waals surface area contributed by atoms with Gasteiger partial charge in [-0.1, -0.05) is 16.7 Å². The fourth-order valence-corrected chi connectivity index (χ4v) is 1.35. The SMILES string of the molecule is Cc1cc(OCCN=[N+]=[N-])cc(C)c1Cl. The molecule has 5 heteroatoms. The number of rotatable bonds is 4. The summed E-state index contributed by atoms with van der Waals surface area (Å²) >= 11 is 6.01. The van der Waals surface area contributed by atoms with Crippen LogP contribution in [0.1, 0.15) is 11.1 Å². The van der Waals surface area contributed by atoms with E-state index in [1.165, 1.54) is 0 Å². The standard InChI is InChI=1S/C10H12ClN3O/c1-7-5-9(6-8(2)10(7)11)15-4-3-13-14-12/h5-6H,3-4H2,1-2H3. The number of benzene rings is 1. The smallest absolute Gasteiger partial charge is 0.119 e. The highest BCUT2D eigenvalue weighted by Gasteiger charge is 2.02. The van der Waals surface area contributed by atoms with Gasteiger partial charge in [-0.3, -0.25) is 0 Å². The zero-order valence-electron chi connectivity index (χ0n) is 8.70. The molecule has 0 unspecified atom stereocenters. The number of nitrogens with zero attached hydrogens (tertiary/aromatic N) is 3. The fraction of sp³-hybridized carbons (Fsp3) is 0.400. The molecule has 1 aromatic rings. The quantitative estimate of drug-likeness (QED) is 0.334. The molecule has 0 saturated heterocycles. The van der Waals surface area contributed by atoms with Gasteiger partial charge in [-0.25, -0.2) is 0 Å². The Morgan fingerprint density at radius 1 is 1.40 bits per heavy atom. The first-order chi connectivity index (χ1) is 7.15. The number of halogens is 1. The Morgan fingerprint density at radius 3 is 2.53 bits per heavy atom. The molecule has 0 bridgehead atoms. The van der Waals surface area contributed by atoms with Crippen molar-refractivity contribution < 1.29 is 4.74 Å². The lowest BCUT2D eigenvalue weighted by molar-refractivity contribution is 0.328. The molecule has 0 atom stereocenters. The highest BCUT2D eigenvalue weighted by molar-refractivity contribution is 6.32. The van der Waals surface area contributed by atoms with Crippen LogP contribution < -0.4 is 4.74 Å². The van der Waals surface area contributed by atoms with Crippen molar-refractivity contribution in [1.82, 2.24) is 0 Å². The summed E-state index contributed by atoms with van der Waals surface area (Å²) in [5.41, 5.74) is 10.0. The summed E-state index contributed by atoms with van der Waals surface area (Å²) in [5, 5.41) is 4.14. The third-order valence-corrected chi connectivity index (χ3v) is 2.53. The zero-order valence-corrected chi connectivity index (χ0v) is 9.45. The highest BCUT2D eigenvalue weighted by Crippen LogP contribution is 2.25. The number of ether oxygens (including phenoxy) is 1. The molecule has 1 aromatic carbocycles. The monoisotopic (exact) mass is 225 g/mol. The first kappa shape index (κ1) is 11.7. The minimum atomic E-state index is 0.331. The molecule has 0 aliphatic carbocycles. The van der Waals surface area contributed by atoms with E-state index in [4.69, 9.17) is 21.9 Å². The fourth-order valence-electron chi connectivity index (χ4n) is 1.24. The van der Waals surface area contributed by atoms with Gasteiger partial charge in [0.15, 0.2) is 0 Å². The summed E-state index contributed by atoms with van der Waals surface area (Å²) in [7, 11) is 0. The molecular weight excluding hydrogens is 214 g/mol. The molecule has 0 aromatic heterocycles. The molecule has 0 radical (unpaired) electrons. The first-order valence-corrected chi connectivity index (χ1v) is 4.93. The molecule has 0 saturated carbocycles. The van der Waals surface area contributed by atoms with Crippen molar-refractivity contribution in [3.8, 4) is 5.75 Å². The second-order valence-electron chi connectivity index (χ2n) is 3.17. The van der Waals surface area contributed by atoms with Gasteiger partial charge >= 0.3 is 0 Å². The Labute approximate surface area is 93.4 Å². The summed E-state index contributed by atoms with van der Waals surface area (Å²) in [6, 6.07) is 3.73. The number of aryl methyl sites for hydroxylation is 2. The molecule has 0 spiro atoms. The van der Waals surface area contributed by atoms with Crippen LogP contribution in [0.3, 0.4) is 0 Å². The topological polar surface area (TPSA) is 58.0 Å². The Morgan fingerprint density at radius 2 is 2.00 bits per heavy atom. The lowest BCUT2D eigenvalue weighted by Gasteiger charge is -2.08. The van der Waals surface area contributed by atoms with E-state index < -0.39 is 0 Å². The van der Waals surface area contributed by atoms with Gasteiger partial charge in [-0.2, -0.15) is 0 Å². The maximum atomic E-state index is 8.07. The molecule has 0 fully saturated rings. The van der Waals surface area contributed by atoms with E-state index >= 15 is 0 Å². The van der Waals surface area contributed by atoms with Crippen molar-refractivity contribution in [3.05, 3.63) is 38.7 Å². The second-order valence-corrected chi connectivity index (χ2v) is 3.55. The van der Waals surface area contributed by atoms with Crippen LogP contribution >= 0.6 is 11.6 Å². The predicted octanol–water partition coefficient (Wildman–Crippen LogP) is 3.65. The van der Waals surface area contributed by atoms with Gasteiger partial charge in [-0.05, 0) is 42.6 Å². The molecule has 1 rings (SSSR count). The Balaban J connectivity index is 2.66. The average Bonchev–Trinajstić information content (AvgIpc) is 2.21. The van der Waals surface area contributed by atoms with Crippen molar-refractivity contribution in [2.24, 2.45) is 5.11 Å². The molecule has 80 valence electrons. The van der Waals surface area contributed by atoms with Gasteiger partial charge in [-0.15, -0.1) is 0 Å². The molecule has 0 N–H and O–H groups in total. The third-order valence-electron chi connectivity index (χ3n) is 1.93. The molecule has 0 heterocycles. The lowest BCUT2D eigenvalue weighted by atomic mass is 10.1. The van der Waals surface area contributed by atoms with Crippen LogP contribution in [0.5, 0.6) is 5.75 Å². The van der Waals surface area contributed by atoms with E-state index in [1.807, 2.05) is 26.0 Å². The predicted molar refractivity (Wildman–Crippen MR) is 60.4 cm³/mol. The van der Waals surface area contributed by atoms with Crippen molar-refractivity contribution in [2.45, 2.75) is 13.8 Å². The lowest BCUT2D eigenvalue weighted by Crippen LogP contribution is -2.00. The van der Waals surface area contributed by atoms with Crippen LogP contribution in [0.2, 0.25) is 5.02 Å².